The lowest BCUT2D eigenvalue weighted by Gasteiger charge is -2.38. The van der Waals surface area contributed by atoms with Gasteiger partial charge in [0.05, 0.1) is 41.3 Å². The fourth-order valence-corrected chi connectivity index (χ4v) is 6.45. The Kier molecular flexibility index (Phi) is 14.2. The molecule has 0 fully saturated rings. The number of allylic oxidation sites excluding steroid dienone is 3. The van der Waals surface area contributed by atoms with E-state index in [1.807, 2.05) is 0 Å². The molecule has 0 aliphatic carbocycles. The quantitative estimate of drug-likeness (QED) is 0.0983. The highest BCUT2D eigenvalue weighted by atomic mass is 16.7. The summed E-state index contributed by atoms with van der Waals surface area (Å²) in [7, 11) is 1.40. The molecule has 0 spiro atoms. The summed E-state index contributed by atoms with van der Waals surface area (Å²) in [6.45, 7) is 12.2. The number of hydroxylamine groups is 1. The Morgan fingerprint density at radius 1 is 1.00 bits per heavy atom. The number of amides is 1. The minimum Gasteiger partial charge on any atom is -0.507 e. The summed E-state index contributed by atoms with van der Waals surface area (Å²) in [5.41, 5.74) is 0.454. The number of ether oxygens (including phenoxy) is 4. The molecule has 7 N–H and O–H groups in total. The number of phenolic OH excluding ortho intramolecular Hbond substituents is 1. The number of carbonyl (C=O) groups excluding carboxylic acids is 4. The Bertz CT molecular complexity index is 1730. The van der Waals surface area contributed by atoms with Crippen LogP contribution >= 0.6 is 0 Å². The number of rotatable bonds is 5. The van der Waals surface area contributed by atoms with Crippen LogP contribution in [0.25, 0.3) is 5.76 Å². The number of methoxy groups -OCH3 is 1. The van der Waals surface area contributed by atoms with Crippen molar-refractivity contribution < 1.29 is 63.8 Å². The van der Waals surface area contributed by atoms with Crippen molar-refractivity contribution in [1.82, 2.24) is 10.8 Å². The summed E-state index contributed by atoms with van der Waals surface area (Å²) in [5.74, 6) is -9.35. The Balaban J connectivity index is 2.25. The highest BCUT2D eigenvalue weighted by molar-refractivity contribution is 6.20. The molecule has 0 saturated heterocycles. The molecular weight excluding hydrogens is 692 g/mol. The van der Waals surface area contributed by atoms with Crippen LogP contribution in [-0.2, 0) is 23.8 Å². The maximum Gasteiger partial charge on any atom is 0.312 e. The third-order valence-electron chi connectivity index (χ3n) is 9.71. The average molecular weight is 743 g/mol. The Labute approximate surface area is 308 Å². The van der Waals surface area contributed by atoms with Gasteiger partial charge in [0.2, 0.25) is 0 Å². The van der Waals surface area contributed by atoms with Crippen LogP contribution in [0.15, 0.2) is 54.6 Å². The number of esters is 1. The predicted octanol–water partition coefficient (Wildman–Crippen LogP) is 3.90. The molecular formula is C38H50N2O13. The summed E-state index contributed by atoms with van der Waals surface area (Å²) >= 11 is 0. The second-order valence-corrected chi connectivity index (χ2v) is 13.5. The van der Waals surface area contributed by atoms with Crippen LogP contribution < -0.4 is 15.5 Å². The van der Waals surface area contributed by atoms with E-state index >= 15 is 0 Å². The highest BCUT2D eigenvalue weighted by Crippen LogP contribution is 2.48. The zero-order valence-electron chi connectivity index (χ0n) is 31.2. The van der Waals surface area contributed by atoms with E-state index in [2.05, 4.69) is 5.32 Å². The third kappa shape index (κ3) is 9.16. The average Bonchev–Trinajstić information content (AvgIpc) is 3.38. The molecule has 1 aromatic carbocycles. The van der Waals surface area contributed by atoms with E-state index in [1.165, 1.54) is 47.0 Å². The normalized spacial score (nSPS) is 33.3. The van der Waals surface area contributed by atoms with E-state index in [-0.39, 0.29) is 22.4 Å². The number of phenols is 1. The summed E-state index contributed by atoms with van der Waals surface area (Å²) in [6, 6.07) is 0. The number of carbonyl (C=O) groups is 4. The smallest absolute Gasteiger partial charge is 0.312 e. The number of nitrogens with one attached hydrogen (secondary N) is 2. The number of aliphatic hydroxyl groups excluding tert-OH is 3. The first kappa shape index (κ1) is 42.5. The van der Waals surface area contributed by atoms with Crippen molar-refractivity contribution in [3.8, 4) is 11.5 Å². The monoisotopic (exact) mass is 742 g/mol. The zero-order chi connectivity index (χ0) is 39.9. The molecule has 0 unspecified atom stereocenters. The van der Waals surface area contributed by atoms with Crippen molar-refractivity contribution in [2.75, 3.05) is 7.11 Å². The van der Waals surface area contributed by atoms with E-state index in [9.17, 15) is 39.6 Å². The number of hydrogen-bond acceptors (Lipinski definition) is 14. The Morgan fingerprint density at radius 3 is 2.26 bits per heavy atom. The Morgan fingerprint density at radius 2 is 1.66 bits per heavy atom. The van der Waals surface area contributed by atoms with Crippen molar-refractivity contribution in [2.45, 2.75) is 85.6 Å². The van der Waals surface area contributed by atoms with E-state index in [0.717, 1.165) is 24.7 Å². The number of aromatic hydroxyl groups is 1. The summed E-state index contributed by atoms with van der Waals surface area (Å²) < 4.78 is 23.1. The first-order chi connectivity index (χ1) is 24.8. The van der Waals surface area contributed by atoms with Gasteiger partial charge in [-0.15, -0.1) is 0 Å². The number of ketones is 2. The van der Waals surface area contributed by atoms with Crippen molar-refractivity contribution in [3.63, 3.8) is 0 Å². The molecule has 1 amide bonds. The van der Waals surface area contributed by atoms with Crippen molar-refractivity contribution in [2.24, 2.45) is 23.7 Å². The van der Waals surface area contributed by atoms with Crippen LogP contribution in [0, 0.1) is 30.6 Å². The van der Waals surface area contributed by atoms with Gasteiger partial charge in [0.25, 0.3) is 11.7 Å². The van der Waals surface area contributed by atoms with E-state index in [1.54, 1.807) is 45.3 Å². The fraction of sp³-hybridized carbons (Fsp3) is 0.474. The van der Waals surface area contributed by atoms with E-state index < -0.39 is 100.0 Å². The number of aliphatic hydroxyl groups is 3. The molecule has 290 valence electrons. The Hall–Kier alpha value is -4.96. The topological polar surface area (TPSA) is 230 Å². The molecule has 2 heterocycles. The molecule has 15 heteroatoms. The largest absolute Gasteiger partial charge is 0.507 e. The fourth-order valence-electron chi connectivity index (χ4n) is 6.45. The second-order valence-electron chi connectivity index (χ2n) is 13.5. The molecule has 0 aromatic heterocycles. The first-order valence-electron chi connectivity index (χ1n) is 17.0. The highest BCUT2D eigenvalue weighted by Gasteiger charge is 2.50. The van der Waals surface area contributed by atoms with Crippen LogP contribution in [0.2, 0.25) is 0 Å². The third-order valence-corrected chi connectivity index (χ3v) is 9.71. The van der Waals surface area contributed by atoms with Gasteiger partial charge < -0.3 is 44.7 Å². The van der Waals surface area contributed by atoms with Crippen LogP contribution in [0.3, 0.4) is 0 Å². The van der Waals surface area contributed by atoms with Crippen LogP contribution in [0.5, 0.6) is 11.5 Å². The van der Waals surface area contributed by atoms with Gasteiger partial charge in [0.1, 0.15) is 23.4 Å². The van der Waals surface area contributed by atoms with Crippen molar-refractivity contribution in [1.29, 1.82) is 0 Å². The molecule has 1 aromatic rings. The number of fused-ring (bicyclic) bond motifs is 2. The van der Waals surface area contributed by atoms with Gasteiger partial charge in [-0.05, 0) is 19.9 Å². The van der Waals surface area contributed by atoms with Gasteiger partial charge in [-0.25, -0.2) is 0 Å². The first-order valence-corrected chi connectivity index (χ1v) is 17.0. The van der Waals surface area contributed by atoms with Gasteiger partial charge >= 0.3 is 11.8 Å². The van der Waals surface area contributed by atoms with E-state index in [4.69, 9.17) is 24.2 Å². The molecule has 3 rings (SSSR count). The van der Waals surface area contributed by atoms with Crippen molar-refractivity contribution >= 4 is 29.2 Å². The molecule has 15 nitrogen and oxygen atoms in total. The second kappa shape index (κ2) is 17.7. The van der Waals surface area contributed by atoms with Gasteiger partial charge in [-0.3, -0.25) is 29.9 Å². The van der Waals surface area contributed by atoms with Gasteiger partial charge in [-0.2, -0.15) is 0 Å². The van der Waals surface area contributed by atoms with Crippen LogP contribution in [0.4, 0.5) is 0 Å². The maximum absolute atomic E-state index is 14.1. The summed E-state index contributed by atoms with van der Waals surface area (Å²) in [5, 5.41) is 56.5. The minimum atomic E-state index is -2.11. The summed E-state index contributed by atoms with van der Waals surface area (Å²) in [6.07, 6.45) is 5.83. The van der Waals surface area contributed by atoms with Crippen LogP contribution in [0.1, 0.15) is 80.3 Å². The SMILES string of the molecule is CO[C@H]1/C=C/O[C@@]2(C)Oc3c(C)c(O)c(c(C(=O)C=CNO)c3C2=O)/C(O)=C/NC(=O)/C(C)=C\C=C\[C@H](C)[C@H](O)[C@@H](C)[C@@H](O)[C@@H](C)[C@H](OC(C)=O)[C@@H]1C. The lowest BCUT2D eigenvalue weighted by molar-refractivity contribution is -0.160. The minimum absolute atomic E-state index is 0.0378. The maximum atomic E-state index is 14.1. The lowest BCUT2D eigenvalue weighted by Crippen LogP contribution is -2.46. The standard InChI is InChI=1S/C38H50N2O13/c1-18-11-10-12-19(2)37(48)39-17-26(43)29-28(25(42)13-15-40-49)30-35(23(6)33(29)46)53-38(8,36(30)47)51-16-14-27(50-9)20(3)34(52-24(7)41)22(5)32(45)21(4)31(18)44/h10-18,20-22,27,31-32,34,40,43-46,49H,1-9H3,(H,39,48)/b11-10+,15-13?,16-14+,19-12-,26-17-/t18-,20+,21+,22+,27-,31-,32+,34+,38-/m0/s1. The van der Waals surface area contributed by atoms with Crippen LogP contribution in [-0.4, -0.2) is 86.4 Å². The van der Waals surface area contributed by atoms with E-state index in [0.29, 0.717) is 0 Å². The molecule has 2 aliphatic rings. The van der Waals surface area contributed by atoms with Gasteiger partial charge in [-0.1, -0.05) is 45.9 Å². The molecule has 53 heavy (non-hydrogen) atoms. The predicted molar refractivity (Wildman–Crippen MR) is 191 cm³/mol. The lowest BCUT2D eigenvalue weighted by atomic mass is 9.78. The molecule has 3 bridgehead atoms. The van der Waals surface area contributed by atoms with Crippen molar-refractivity contribution in [3.05, 3.63) is 76.9 Å². The molecule has 2 aliphatic heterocycles. The zero-order valence-corrected chi connectivity index (χ0v) is 31.2. The number of benzene rings is 1. The molecule has 9 atom stereocenters. The van der Waals surface area contributed by atoms with Gasteiger partial charge in [0.15, 0.2) is 5.78 Å². The molecule has 0 saturated carbocycles. The summed E-state index contributed by atoms with van der Waals surface area (Å²) in [4.78, 5) is 52.8. The number of Topliss-reactive ketones (excluding diaryl/α,β-unsaturated/α-hetero) is 1. The molecule has 0 radical (unpaired) electrons. The number of hydrogen-bond donors (Lipinski definition) is 7. The van der Waals surface area contributed by atoms with Gasteiger partial charge in [0, 0.05) is 74.2 Å².